The normalized spacial score (nSPS) is 22.7. The molecule has 22 heavy (non-hydrogen) atoms. The van der Waals surface area contributed by atoms with E-state index in [-0.39, 0.29) is 36.4 Å². The summed E-state index contributed by atoms with van der Waals surface area (Å²) in [7, 11) is -0.977. The van der Waals surface area contributed by atoms with Crippen molar-refractivity contribution < 1.29 is 22.3 Å². The zero-order valence-electron chi connectivity index (χ0n) is 12.5. The number of amides is 1. The first-order valence-corrected chi connectivity index (χ1v) is 8.31. The standard InChI is InChI=1S/C14H19FN2O4S/c1-16-14(18)11-8-17(7-10(11)9-21-2)22(19,20)13-6-4-3-5-12(13)15/h3-6,10-11H,7-9H2,1-2H3,(H,16,18)/t10-,11+/m0/s1. The summed E-state index contributed by atoms with van der Waals surface area (Å²) in [6.45, 7) is 0.411. The van der Waals surface area contributed by atoms with Crippen molar-refractivity contribution in [2.24, 2.45) is 11.8 Å². The number of carbonyl (C=O) groups excluding carboxylic acids is 1. The molecule has 1 heterocycles. The Morgan fingerprint density at radius 2 is 2.09 bits per heavy atom. The van der Waals surface area contributed by atoms with Gasteiger partial charge in [-0.25, -0.2) is 12.8 Å². The minimum Gasteiger partial charge on any atom is -0.384 e. The van der Waals surface area contributed by atoms with Crippen molar-refractivity contribution >= 4 is 15.9 Å². The third kappa shape index (κ3) is 3.13. The summed E-state index contributed by atoms with van der Waals surface area (Å²) in [6, 6.07) is 5.23. The smallest absolute Gasteiger partial charge is 0.246 e. The lowest BCUT2D eigenvalue weighted by Crippen LogP contribution is -2.34. The lowest BCUT2D eigenvalue weighted by Gasteiger charge is -2.16. The maximum atomic E-state index is 13.8. The predicted octanol–water partition coefficient (Wildman–Crippen LogP) is 0.455. The van der Waals surface area contributed by atoms with Crippen LogP contribution in [0.5, 0.6) is 0 Å². The maximum absolute atomic E-state index is 13.8. The van der Waals surface area contributed by atoms with Crippen molar-refractivity contribution in [2.45, 2.75) is 4.90 Å². The summed E-state index contributed by atoms with van der Waals surface area (Å²) < 4.78 is 45.2. The molecule has 1 aromatic rings. The van der Waals surface area contributed by atoms with Gasteiger partial charge >= 0.3 is 0 Å². The van der Waals surface area contributed by atoms with Crippen LogP contribution in [0.4, 0.5) is 4.39 Å². The Hall–Kier alpha value is -1.51. The number of ether oxygens (including phenoxy) is 1. The van der Waals surface area contributed by atoms with Crippen molar-refractivity contribution in [1.29, 1.82) is 0 Å². The zero-order valence-corrected chi connectivity index (χ0v) is 13.3. The van der Waals surface area contributed by atoms with Gasteiger partial charge in [0.05, 0.1) is 12.5 Å². The molecule has 0 spiro atoms. The molecule has 8 heteroatoms. The molecule has 1 aliphatic heterocycles. The van der Waals surface area contributed by atoms with Gasteiger partial charge in [-0.2, -0.15) is 4.31 Å². The van der Waals surface area contributed by atoms with Crippen molar-refractivity contribution in [3.05, 3.63) is 30.1 Å². The van der Waals surface area contributed by atoms with Crippen molar-refractivity contribution in [1.82, 2.24) is 9.62 Å². The molecular formula is C14H19FN2O4S. The van der Waals surface area contributed by atoms with E-state index in [0.717, 1.165) is 10.4 Å². The Labute approximate surface area is 129 Å². The van der Waals surface area contributed by atoms with E-state index in [0.29, 0.717) is 0 Å². The van der Waals surface area contributed by atoms with Gasteiger partial charge in [0.2, 0.25) is 15.9 Å². The molecule has 1 aromatic carbocycles. The van der Waals surface area contributed by atoms with E-state index in [1.54, 1.807) is 0 Å². The number of rotatable bonds is 5. The molecule has 122 valence electrons. The van der Waals surface area contributed by atoms with Gasteiger partial charge < -0.3 is 10.1 Å². The summed E-state index contributed by atoms with van der Waals surface area (Å²) in [4.78, 5) is 11.5. The van der Waals surface area contributed by atoms with Gasteiger partial charge in [-0.15, -0.1) is 0 Å². The van der Waals surface area contributed by atoms with Gasteiger partial charge in [-0.3, -0.25) is 4.79 Å². The first-order valence-electron chi connectivity index (χ1n) is 6.87. The van der Waals surface area contributed by atoms with E-state index in [2.05, 4.69) is 5.32 Å². The molecule has 0 saturated carbocycles. The quantitative estimate of drug-likeness (QED) is 0.851. The van der Waals surface area contributed by atoms with E-state index >= 15 is 0 Å². The lowest BCUT2D eigenvalue weighted by atomic mass is 9.96. The van der Waals surface area contributed by atoms with Crippen LogP contribution in [0.1, 0.15) is 0 Å². The van der Waals surface area contributed by atoms with Crippen LogP contribution in [0.15, 0.2) is 29.2 Å². The lowest BCUT2D eigenvalue weighted by molar-refractivity contribution is -0.125. The highest BCUT2D eigenvalue weighted by atomic mass is 32.2. The van der Waals surface area contributed by atoms with Crippen molar-refractivity contribution in [3.8, 4) is 0 Å². The Morgan fingerprint density at radius 3 is 2.68 bits per heavy atom. The fourth-order valence-electron chi connectivity index (χ4n) is 2.69. The molecule has 1 amide bonds. The average molecular weight is 330 g/mol. The van der Waals surface area contributed by atoms with E-state index in [1.165, 1.54) is 32.4 Å². The number of benzene rings is 1. The van der Waals surface area contributed by atoms with Crippen LogP contribution >= 0.6 is 0 Å². The SMILES string of the molecule is CNC(=O)[C@@H]1CN(S(=O)(=O)c2ccccc2F)C[C@H]1COC. The van der Waals surface area contributed by atoms with E-state index in [1.807, 2.05) is 0 Å². The highest BCUT2D eigenvalue weighted by Crippen LogP contribution is 2.30. The zero-order chi connectivity index (χ0) is 16.3. The molecule has 0 unspecified atom stereocenters. The number of halogens is 1. The largest absolute Gasteiger partial charge is 0.384 e. The Morgan fingerprint density at radius 1 is 1.41 bits per heavy atom. The number of methoxy groups -OCH3 is 1. The molecule has 0 bridgehead atoms. The molecule has 2 rings (SSSR count). The third-order valence-corrected chi connectivity index (χ3v) is 5.69. The van der Waals surface area contributed by atoms with Gasteiger partial charge in [0, 0.05) is 33.2 Å². The van der Waals surface area contributed by atoms with Gasteiger partial charge in [-0.1, -0.05) is 12.1 Å². The van der Waals surface area contributed by atoms with Crippen LogP contribution in [0.25, 0.3) is 0 Å². The number of nitrogens with one attached hydrogen (secondary N) is 1. The summed E-state index contributed by atoms with van der Waals surface area (Å²) in [5, 5.41) is 2.53. The number of nitrogens with zero attached hydrogens (tertiary/aromatic N) is 1. The highest BCUT2D eigenvalue weighted by molar-refractivity contribution is 7.89. The minimum absolute atomic E-state index is 0.0182. The predicted molar refractivity (Wildman–Crippen MR) is 78.1 cm³/mol. The fourth-order valence-corrected chi connectivity index (χ4v) is 4.27. The number of hydrogen-bond donors (Lipinski definition) is 1. The molecule has 0 aromatic heterocycles. The number of hydrogen-bond acceptors (Lipinski definition) is 4. The first kappa shape index (κ1) is 16.9. The molecule has 6 nitrogen and oxygen atoms in total. The maximum Gasteiger partial charge on any atom is 0.246 e. The second-order valence-electron chi connectivity index (χ2n) is 5.19. The molecule has 1 saturated heterocycles. The summed E-state index contributed by atoms with van der Waals surface area (Å²) in [6.07, 6.45) is 0. The fraction of sp³-hybridized carbons (Fsp3) is 0.500. The molecular weight excluding hydrogens is 311 g/mol. The van der Waals surface area contributed by atoms with E-state index < -0.39 is 21.8 Å². The molecule has 1 fully saturated rings. The van der Waals surface area contributed by atoms with Gasteiger partial charge in [-0.05, 0) is 12.1 Å². The monoisotopic (exact) mass is 330 g/mol. The van der Waals surface area contributed by atoms with Crippen LogP contribution in [-0.4, -0.2) is 52.5 Å². The molecule has 1 N–H and O–H groups in total. The van der Waals surface area contributed by atoms with Crippen LogP contribution in [0.2, 0.25) is 0 Å². The molecule has 2 atom stereocenters. The minimum atomic E-state index is -3.97. The van der Waals surface area contributed by atoms with Crippen LogP contribution in [0, 0.1) is 17.7 Å². The Bertz CT molecular complexity index is 650. The first-order chi connectivity index (χ1) is 10.4. The van der Waals surface area contributed by atoms with Crippen molar-refractivity contribution in [2.75, 3.05) is 33.9 Å². The molecule has 0 aliphatic carbocycles. The van der Waals surface area contributed by atoms with E-state index in [9.17, 15) is 17.6 Å². The summed E-state index contributed by atoms with van der Waals surface area (Å²) in [5.74, 6) is -1.81. The number of carbonyl (C=O) groups is 1. The Balaban J connectivity index is 2.30. The summed E-state index contributed by atoms with van der Waals surface area (Å²) in [5.41, 5.74) is 0. The highest BCUT2D eigenvalue weighted by Gasteiger charge is 2.43. The second-order valence-corrected chi connectivity index (χ2v) is 7.09. The Kier molecular flexibility index (Phi) is 5.15. The van der Waals surface area contributed by atoms with Crippen LogP contribution in [-0.2, 0) is 19.6 Å². The molecule has 1 aliphatic rings. The van der Waals surface area contributed by atoms with Crippen LogP contribution in [0.3, 0.4) is 0 Å². The number of sulfonamides is 1. The summed E-state index contributed by atoms with van der Waals surface area (Å²) >= 11 is 0. The van der Waals surface area contributed by atoms with Gasteiger partial charge in [0.25, 0.3) is 0 Å². The molecule has 0 radical (unpaired) electrons. The third-order valence-electron chi connectivity index (χ3n) is 3.83. The van der Waals surface area contributed by atoms with E-state index in [4.69, 9.17) is 4.74 Å². The topological polar surface area (TPSA) is 75.7 Å². The average Bonchev–Trinajstić information content (AvgIpc) is 2.92. The van der Waals surface area contributed by atoms with Crippen molar-refractivity contribution in [3.63, 3.8) is 0 Å². The van der Waals surface area contributed by atoms with Gasteiger partial charge in [0.1, 0.15) is 10.7 Å². The van der Waals surface area contributed by atoms with Gasteiger partial charge in [0.15, 0.2) is 0 Å². The second kappa shape index (κ2) is 6.72. The van der Waals surface area contributed by atoms with Crippen LogP contribution < -0.4 is 5.32 Å².